The Labute approximate surface area is 269 Å². The van der Waals surface area contributed by atoms with Crippen LogP contribution in [0.5, 0.6) is 0 Å². The number of hydrogen-bond donors (Lipinski definition) is 2. The number of ether oxygens (including phenoxy) is 4. The fourth-order valence-corrected chi connectivity index (χ4v) is 7.93. The van der Waals surface area contributed by atoms with Gasteiger partial charge in [-0.05, 0) is 35.4 Å². The Morgan fingerprint density at radius 3 is 2.43 bits per heavy atom. The van der Waals surface area contributed by atoms with Crippen molar-refractivity contribution in [3.05, 3.63) is 102 Å². The van der Waals surface area contributed by atoms with E-state index in [4.69, 9.17) is 18.9 Å². The summed E-state index contributed by atoms with van der Waals surface area (Å²) in [7, 11) is -3.94. The summed E-state index contributed by atoms with van der Waals surface area (Å²) >= 11 is 0. The summed E-state index contributed by atoms with van der Waals surface area (Å²) in [6, 6.07) is 23.7. The van der Waals surface area contributed by atoms with Crippen molar-refractivity contribution in [2.75, 3.05) is 37.6 Å². The van der Waals surface area contributed by atoms with Gasteiger partial charge in [-0.1, -0.05) is 61.5 Å². The number of piperidine rings is 1. The molecule has 3 saturated heterocycles. The third-order valence-electron chi connectivity index (χ3n) is 9.29. The fraction of sp³-hybridized carbons (Fsp3) is 0.400. The maximum Gasteiger partial charge on any atom is 0.264 e. The third kappa shape index (κ3) is 6.41. The lowest BCUT2D eigenvalue weighted by Crippen LogP contribution is -2.50. The molecule has 0 radical (unpaired) electrons. The lowest BCUT2D eigenvalue weighted by atomic mass is 9.89. The van der Waals surface area contributed by atoms with Crippen LogP contribution in [0.2, 0.25) is 0 Å². The van der Waals surface area contributed by atoms with Crippen LogP contribution in [0.4, 0.5) is 5.69 Å². The standard InChI is InChI=1S/C35H39N3O7S/c1-24-30(22-38-17-14-35(15-18-38)42-19-20-43-35)44-34(45-33(24)27-12-10-25(23-39)11-13-27)28-6-2-8-29(21-28)37-46(40,41)31-9-3-5-26-7-4-16-36-32(26)31/h2-13,16,21,24,30,33-34,37,39H,14-15,17-20,22-23H2,1H3/t24-,30+,33+,34?/m0/s1. The zero-order valence-corrected chi connectivity index (χ0v) is 26.6. The first-order chi connectivity index (χ1) is 22.3. The summed E-state index contributed by atoms with van der Waals surface area (Å²) in [5.74, 6) is -0.430. The lowest BCUT2D eigenvalue weighted by Gasteiger charge is -2.44. The van der Waals surface area contributed by atoms with E-state index in [2.05, 4.69) is 21.5 Å². The summed E-state index contributed by atoms with van der Waals surface area (Å²) in [6.07, 6.45) is 2.04. The molecule has 10 nitrogen and oxygen atoms in total. The van der Waals surface area contributed by atoms with Gasteiger partial charge in [-0.25, -0.2) is 8.42 Å². The number of nitrogens with zero attached hydrogens (tertiary/aromatic N) is 2. The highest BCUT2D eigenvalue weighted by Crippen LogP contribution is 2.43. The molecule has 3 aliphatic heterocycles. The second-order valence-electron chi connectivity index (χ2n) is 12.3. The molecule has 0 aliphatic carbocycles. The Balaban J connectivity index is 1.14. The van der Waals surface area contributed by atoms with Crippen LogP contribution in [0.1, 0.15) is 48.8 Å². The SMILES string of the molecule is C[C@H]1[C@@H](CN2CCC3(CC2)OCCO3)OC(c2cccc(NS(=O)(=O)c3cccc4cccnc34)c2)O[C@H]1c1ccc(CO)cc1. The predicted octanol–water partition coefficient (Wildman–Crippen LogP) is 5.16. The first-order valence-corrected chi connectivity index (χ1v) is 17.3. The summed E-state index contributed by atoms with van der Waals surface area (Å²) in [5.41, 5.74) is 3.34. The van der Waals surface area contributed by atoms with E-state index >= 15 is 0 Å². The number of aliphatic hydroxyl groups excluding tert-OH is 1. The van der Waals surface area contributed by atoms with Crippen LogP contribution in [0.15, 0.2) is 90.0 Å². The number of fused-ring (bicyclic) bond motifs is 1. The number of anilines is 1. The average molecular weight is 646 g/mol. The maximum absolute atomic E-state index is 13.5. The summed E-state index contributed by atoms with van der Waals surface area (Å²) in [5, 5.41) is 10.3. The first-order valence-electron chi connectivity index (χ1n) is 15.8. The highest BCUT2D eigenvalue weighted by atomic mass is 32.2. The Morgan fingerprint density at radius 1 is 0.935 bits per heavy atom. The van der Waals surface area contributed by atoms with Gasteiger partial charge in [0.25, 0.3) is 10.0 Å². The Bertz CT molecular complexity index is 1760. The van der Waals surface area contributed by atoms with Gasteiger partial charge >= 0.3 is 0 Å². The number of sulfonamides is 1. The molecule has 7 rings (SSSR count). The summed E-state index contributed by atoms with van der Waals surface area (Å²) in [6.45, 7) is 5.80. The van der Waals surface area contributed by atoms with Crippen LogP contribution in [0, 0.1) is 5.92 Å². The van der Waals surface area contributed by atoms with E-state index in [1.807, 2.05) is 42.5 Å². The highest BCUT2D eigenvalue weighted by molar-refractivity contribution is 7.93. The second-order valence-corrected chi connectivity index (χ2v) is 13.9. The van der Waals surface area contributed by atoms with Crippen molar-refractivity contribution in [1.82, 2.24) is 9.88 Å². The van der Waals surface area contributed by atoms with Gasteiger partial charge in [-0.15, -0.1) is 0 Å². The van der Waals surface area contributed by atoms with Crippen molar-refractivity contribution in [2.45, 2.75) is 55.6 Å². The zero-order chi connectivity index (χ0) is 31.7. The molecule has 1 spiro atoms. The van der Waals surface area contributed by atoms with Crippen LogP contribution < -0.4 is 4.72 Å². The van der Waals surface area contributed by atoms with Gasteiger partial charge in [0, 0.05) is 61.2 Å². The van der Waals surface area contributed by atoms with E-state index in [-0.39, 0.29) is 29.6 Å². The first kappa shape index (κ1) is 31.2. The molecule has 1 unspecified atom stereocenters. The molecule has 3 fully saturated rings. The normalized spacial score (nSPS) is 25.2. The van der Waals surface area contributed by atoms with Crippen LogP contribution >= 0.6 is 0 Å². The molecular formula is C35H39N3O7S. The number of benzene rings is 3. The smallest absolute Gasteiger partial charge is 0.264 e. The van der Waals surface area contributed by atoms with Gasteiger partial charge in [-0.3, -0.25) is 9.71 Å². The summed E-state index contributed by atoms with van der Waals surface area (Å²) < 4.78 is 55.0. The van der Waals surface area contributed by atoms with Crippen LogP contribution in [0.3, 0.4) is 0 Å². The fourth-order valence-electron chi connectivity index (χ4n) is 6.70. The molecular weight excluding hydrogens is 606 g/mol. The topological polar surface area (TPSA) is 119 Å². The molecule has 4 heterocycles. The predicted molar refractivity (Wildman–Crippen MR) is 172 cm³/mol. The van der Waals surface area contributed by atoms with Crippen molar-refractivity contribution < 1.29 is 32.5 Å². The molecule has 11 heteroatoms. The van der Waals surface area contributed by atoms with Crippen LogP contribution in [-0.2, 0) is 35.6 Å². The Hall–Kier alpha value is -3.42. The molecule has 46 heavy (non-hydrogen) atoms. The van der Waals surface area contributed by atoms with E-state index in [0.29, 0.717) is 36.5 Å². The monoisotopic (exact) mass is 645 g/mol. The van der Waals surface area contributed by atoms with Gasteiger partial charge in [-0.2, -0.15) is 0 Å². The van der Waals surface area contributed by atoms with Crippen molar-refractivity contribution in [1.29, 1.82) is 0 Å². The van der Waals surface area contributed by atoms with Gasteiger partial charge in [0.2, 0.25) is 0 Å². The van der Waals surface area contributed by atoms with Gasteiger partial charge in [0.15, 0.2) is 12.1 Å². The molecule has 242 valence electrons. The van der Waals surface area contributed by atoms with Crippen molar-refractivity contribution in [3.8, 4) is 0 Å². The number of nitrogens with one attached hydrogen (secondary N) is 1. The third-order valence-corrected chi connectivity index (χ3v) is 10.7. The minimum absolute atomic E-state index is 0.0200. The molecule has 3 aromatic carbocycles. The minimum Gasteiger partial charge on any atom is -0.392 e. The van der Waals surface area contributed by atoms with E-state index < -0.39 is 22.1 Å². The number of rotatable bonds is 8. The number of likely N-dealkylation sites (tertiary alicyclic amines) is 1. The Morgan fingerprint density at radius 2 is 1.67 bits per heavy atom. The number of hydrogen-bond acceptors (Lipinski definition) is 9. The average Bonchev–Trinajstić information content (AvgIpc) is 3.54. The quantitative estimate of drug-likeness (QED) is 0.268. The molecule has 1 aromatic heterocycles. The highest BCUT2D eigenvalue weighted by Gasteiger charge is 2.43. The molecule has 3 aliphatic rings. The molecule has 0 amide bonds. The number of pyridine rings is 1. The molecule has 4 aromatic rings. The number of aliphatic hydroxyl groups is 1. The van der Waals surface area contributed by atoms with E-state index in [9.17, 15) is 13.5 Å². The van der Waals surface area contributed by atoms with Gasteiger partial charge < -0.3 is 29.0 Å². The zero-order valence-electron chi connectivity index (χ0n) is 25.7. The van der Waals surface area contributed by atoms with Gasteiger partial charge in [0.05, 0.1) is 37.5 Å². The number of aromatic nitrogens is 1. The van der Waals surface area contributed by atoms with Gasteiger partial charge in [0.1, 0.15) is 4.90 Å². The van der Waals surface area contributed by atoms with Crippen LogP contribution in [0.25, 0.3) is 10.9 Å². The van der Waals surface area contributed by atoms with Crippen molar-refractivity contribution in [2.24, 2.45) is 5.92 Å². The minimum atomic E-state index is -3.94. The van der Waals surface area contributed by atoms with E-state index in [1.54, 1.807) is 42.6 Å². The number of para-hydroxylation sites is 1. The second kappa shape index (κ2) is 13.0. The largest absolute Gasteiger partial charge is 0.392 e. The molecule has 0 bridgehead atoms. The van der Waals surface area contributed by atoms with Crippen LogP contribution in [-0.4, -0.2) is 68.1 Å². The molecule has 2 N–H and O–H groups in total. The lowest BCUT2D eigenvalue weighted by molar-refractivity contribution is -0.278. The molecule has 0 saturated carbocycles. The van der Waals surface area contributed by atoms with E-state index in [0.717, 1.165) is 42.4 Å². The molecule has 4 atom stereocenters. The van der Waals surface area contributed by atoms with Crippen molar-refractivity contribution >= 4 is 26.6 Å². The van der Waals surface area contributed by atoms with E-state index in [1.165, 1.54) is 0 Å². The Kier molecular flexibility index (Phi) is 8.81. The maximum atomic E-state index is 13.5. The van der Waals surface area contributed by atoms with Crippen molar-refractivity contribution in [3.63, 3.8) is 0 Å². The summed E-state index contributed by atoms with van der Waals surface area (Å²) in [4.78, 5) is 6.83.